The second-order valence-electron chi connectivity index (χ2n) is 7.02. The van der Waals surface area contributed by atoms with E-state index in [4.69, 9.17) is 10.5 Å². The maximum Gasteiger partial charge on any atom is 0.340 e. The van der Waals surface area contributed by atoms with Crippen molar-refractivity contribution in [2.24, 2.45) is 0 Å². The number of carbonyl (C=O) groups is 2. The molecule has 0 spiro atoms. The van der Waals surface area contributed by atoms with Crippen molar-refractivity contribution in [3.8, 4) is 0 Å². The number of anilines is 1. The number of rotatable bonds is 3. The molecule has 5 rings (SSSR count). The van der Waals surface area contributed by atoms with Gasteiger partial charge >= 0.3 is 5.97 Å². The summed E-state index contributed by atoms with van der Waals surface area (Å²) in [4.78, 5) is 39.3. The number of pyridine rings is 2. The van der Waals surface area contributed by atoms with Crippen molar-refractivity contribution in [2.75, 3.05) is 12.8 Å². The van der Waals surface area contributed by atoms with Gasteiger partial charge in [-0.2, -0.15) is 0 Å². The first-order valence-electron chi connectivity index (χ1n) is 9.33. The Morgan fingerprint density at radius 2 is 1.53 bits per heavy atom. The van der Waals surface area contributed by atoms with Gasteiger partial charge in [-0.3, -0.25) is 14.0 Å². The van der Waals surface area contributed by atoms with Crippen molar-refractivity contribution >= 4 is 44.5 Å². The Balaban J connectivity index is 2.04. The standard InChI is InChI=1S/C24H16N2O4/c1-30-24(29)18-14-9-5-10-15-17(14)21-16(20(18)25)11-6-12-26(21)23(28)19(15)22(27)13-7-3-2-4-8-13/h2-12H,25H2,1H3. The van der Waals surface area contributed by atoms with E-state index in [9.17, 15) is 14.4 Å². The van der Waals surface area contributed by atoms with E-state index >= 15 is 0 Å². The van der Waals surface area contributed by atoms with Crippen LogP contribution in [-0.4, -0.2) is 23.3 Å². The van der Waals surface area contributed by atoms with Crippen molar-refractivity contribution in [2.45, 2.75) is 0 Å². The molecule has 30 heavy (non-hydrogen) atoms. The van der Waals surface area contributed by atoms with Crippen molar-refractivity contribution in [1.82, 2.24) is 4.40 Å². The van der Waals surface area contributed by atoms with Crippen LogP contribution in [0.25, 0.3) is 27.1 Å². The minimum atomic E-state index is -0.574. The molecule has 0 atom stereocenters. The van der Waals surface area contributed by atoms with Crippen LogP contribution in [0.15, 0.2) is 71.7 Å². The van der Waals surface area contributed by atoms with Crippen LogP contribution in [0.1, 0.15) is 26.3 Å². The SMILES string of the molecule is COC(=O)c1c(N)c2cccn3c(=O)c(C(=O)c4ccccc4)c4cccc1c4c23. The van der Waals surface area contributed by atoms with Crippen LogP contribution in [0, 0.1) is 0 Å². The predicted molar refractivity (Wildman–Crippen MR) is 115 cm³/mol. The van der Waals surface area contributed by atoms with Gasteiger partial charge in [0, 0.05) is 33.3 Å². The lowest BCUT2D eigenvalue weighted by atomic mass is 9.91. The number of hydrogen-bond acceptors (Lipinski definition) is 5. The number of carbonyl (C=O) groups excluding carboxylic acids is 2. The van der Waals surface area contributed by atoms with E-state index in [-0.39, 0.29) is 22.6 Å². The summed E-state index contributed by atoms with van der Waals surface area (Å²) in [6, 6.07) is 17.3. The molecule has 2 heterocycles. The van der Waals surface area contributed by atoms with Gasteiger partial charge in [-0.15, -0.1) is 0 Å². The topological polar surface area (TPSA) is 90.9 Å². The van der Waals surface area contributed by atoms with E-state index in [1.165, 1.54) is 11.5 Å². The van der Waals surface area contributed by atoms with Crippen LogP contribution in [0.5, 0.6) is 0 Å². The van der Waals surface area contributed by atoms with E-state index in [1.807, 2.05) is 0 Å². The van der Waals surface area contributed by atoms with E-state index < -0.39 is 11.5 Å². The van der Waals surface area contributed by atoms with E-state index in [0.29, 0.717) is 32.6 Å². The smallest absolute Gasteiger partial charge is 0.340 e. The van der Waals surface area contributed by atoms with Crippen molar-refractivity contribution < 1.29 is 14.3 Å². The normalized spacial score (nSPS) is 11.4. The lowest BCUT2D eigenvalue weighted by Gasteiger charge is -2.18. The number of ketones is 1. The summed E-state index contributed by atoms with van der Waals surface area (Å²) in [5.74, 6) is -0.950. The third-order valence-electron chi connectivity index (χ3n) is 5.48. The fraction of sp³-hybridized carbons (Fsp3) is 0.0417. The third kappa shape index (κ3) is 2.27. The van der Waals surface area contributed by atoms with Crippen LogP contribution >= 0.6 is 0 Å². The van der Waals surface area contributed by atoms with Gasteiger partial charge in [0.25, 0.3) is 5.56 Å². The average Bonchev–Trinajstić information content (AvgIpc) is 2.78. The molecule has 0 aliphatic carbocycles. The van der Waals surface area contributed by atoms with Crippen LogP contribution in [-0.2, 0) is 4.74 Å². The number of nitrogens with two attached hydrogens (primary N) is 1. The van der Waals surface area contributed by atoms with E-state index in [2.05, 4.69) is 0 Å². The molecule has 0 aliphatic heterocycles. The number of hydrogen-bond donors (Lipinski definition) is 1. The minimum absolute atomic E-state index is 0.0531. The molecule has 2 N–H and O–H groups in total. The molecule has 0 amide bonds. The first-order chi connectivity index (χ1) is 14.5. The molecule has 5 aromatic rings. The summed E-state index contributed by atoms with van der Waals surface area (Å²) in [6.07, 6.45) is 1.61. The third-order valence-corrected chi connectivity index (χ3v) is 5.48. The summed E-state index contributed by atoms with van der Waals surface area (Å²) in [5, 5.41) is 2.20. The van der Waals surface area contributed by atoms with Gasteiger partial charge in [-0.25, -0.2) is 4.79 Å². The molecule has 6 heteroatoms. The Morgan fingerprint density at radius 3 is 2.23 bits per heavy atom. The molecular weight excluding hydrogens is 380 g/mol. The number of esters is 1. The molecule has 146 valence electrons. The van der Waals surface area contributed by atoms with Crippen LogP contribution < -0.4 is 11.3 Å². The molecule has 6 nitrogen and oxygen atoms in total. The van der Waals surface area contributed by atoms with Gasteiger partial charge in [-0.05, 0) is 12.1 Å². The van der Waals surface area contributed by atoms with E-state index in [1.54, 1.807) is 66.9 Å². The quantitative estimate of drug-likeness (QED) is 0.218. The zero-order chi connectivity index (χ0) is 21.0. The second-order valence-corrected chi connectivity index (χ2v) is 7.02. The van der Waals surface area contributed by atoms with Gasteiger partial charge in [0.1, 0.15) is 0 Å². The van der Waals surface area contributed by atoms with Crippen molar-refractivity contribution in [3.63, 3.8) is 0 Å². The summed E-state index contributed by atoms with van der Waals surface area (Å²) < 4.78 is 6.39. The predicted octanol–water partition coefficient (Wildman–Crippen LogP) is 3.64. The van der Waals surface area contributed by atoms with Crippen LogP contribution in [0.4, 0.5) is 5.69 Å². The molecule has 0 fully saturated rings. The van der Waals surface area contributed by atoms with Gasteiger partial charge in [0.15, 0.2) is 5.78 Å². The Kier molecular flexibility index (Phi) is 3.83. The summed E-state index contributed by atoms with van der Waals surface area (Å²) in [6.45, 7) is 0. The number of nitrogens with zero attached hydrogens (tertiary/aromatic N) is 1. The molecule has 0 bridgehead atoms. The minimum Gasteiger partial charge on any atom is -0.465 e. The monoisotopic (exact) mass is 396 g/mol. The molecule has 0 saturated heterocycles. The van der Waals surface area contributed by atoms with Gasteiger partial charge in [0.2, 0.25) is 0 Å². The Morgan fingerprint density at radius 1 is 0.867 bits per heavy atom. The number of nitrogen functional groups attached to an aromatic ring is 1. The zero-order valence-electron chi connectivity index (χ0n) is 16.0. The largest absolute Gasteiger partial charge is 0.465 e. The average molecular weight is 396 g/mol. The number of ether oxygens (including phenoxy) is 1. The highest BCUT2D eigenvalue weighted by Crippen LogP contribution is 2.38. The number of methoxy groups -OCH3 is 1. The molecular formula is C24H16N2O4. The number of aromatic nitrogens is 1. The van der Waals surface area contributed by atoms with Gasteiger partial charge < -0.3 is 10.5 Å². The fourth-order valence-electron chi connectivity index (χ4n) is 4.17. The molecule has 3 aromatic carbocycles. The zero-order valence-corrected chi connectivity index (χ0v) is 16.0. The van der Waals surface area contributed by atoms with E-state index in [0.717, 1.165) is 0 Å². The molecule has 2 aromatic heterocycles. The van der Waals surface area contributed by atoms with Crippen molar-refractivity contribution in [1.29, 1.82) is 0 Å². The van der Waals surface area contributed by atoms with Crippen LogP contribution in [0.3, 0.4) is 0 Å². The fourth-order valence-corrected chi connectivity index (χ4v) is 4.17. The summed E-state index contributed by atoms with van der Waals surface area (Å²) in [7, 11) is 1.29. The molecule has 0 aliphatic rings. The summed E-state index contributed by atoms with van der Waals surface area (Å²) in [5.41, 5.74) is 7.41. The van der Waals surface area contributed by atoms with Gasteiger partial charge in [-0.1, -0.05) is 48.5 Å². The first-order valence-corrected chi connectivity index (χ1v) is 9.33. The molecule has 0 unspecified atom stereocenters. The second kappa shape index (κ2) is 6.42. The lowest BCUT2D eigenvalue weighted by Crippen LogP contribution is -2.24. The maximum atomic E-state index is 13.4. The van der Waals surface area contributed by atoms with Crippen molar-refractivity contribution in [3.05, 3.63) is 93.9 Å². The van der Waals surface area contributed by atoms with Crippen LogP contribution in [0.2, 0.25) is 0 Å². The Labute approximate surface area is 170 Å². The highest BCUT2D eigenvalue weighted by molar-refractivity contribution is 6.29. The highest BCUT2D eigenvalue weighted by Gasteiger charge is 2.26. The maximum absolute atomic E-state index is 13.4. The number of benzene rings is 3. The van der Waals surface area contributed by atoms with Gasteiger partial charge in [0.05, 0.1) is 29.4 Å². The molecule has 0 radical (unpaired) electrons. The Hall–Kier alpha value is -4.19. The molecule has 0 saturated carbocycles. The Bertz CT molecular complexity index is 1530. The lowest BCUT2D eigenvalue weighted by molar-refractivity contribution is 0.0604. The first kappa shape index (κ1) is 17.9. The highest BCUT2D eigenvalue weighted by atomic mass is 16.5. The summed E-state index contributed by atoms with van der Waals surface area (Å²) >= 11 is 0.